The number of likely N-dealkylation sites (tertiary alicyclic amines) is 1. The highest BCUT2D eigenvalue weighted by atomic mass is 19.1. The molecule has 1 N–H and O–H groups in total. The lowest BCUT2D eigenvalue weighted by Crippen LogP contribution is -2.40. The number of nitrogens with one attached hydrogen (secondary N) is 1. The molecule has 0 saturated carbocycles. The van der Waals surface area contributed by atoms with Gasteiger partial charge in [-0.15, -0.1) is 0 Å². The largest absolute Gasteiger partial charge is 0.310 e. The molecule has 17 heavy (non-hydrogen) atoms. The third-order valence-corrected chi connectivity index (χ3v) is 3.54. The Morgan fingerprint density at radius 2 is 2.06 bits per heavy atom. The van der Waals surface area contributed by atoms with E-state index < -0.39 is 0 Å². The standard InChI is InChI=1S/C14H21FN2/c1-11-9-12(3-4-14(11)15)10-16-13-5-7-17(2)8-6-13/h3-4,9,13,16H,5-8,10H2,1-2H3. The minimum absolute atomic E-state index is 0.118. The third-order valence-electron chi connectivity index (χ3n) is 3.54. The number of benzene rings is 1. The fraction of sp³-hybridized carbons (Fsp3) is 0.571. The van der Waals surface area contributed by atoms with E-state index in [1.54, 1.807) is 6.07 Å². The summed E-state index contributed by atoms with van der Waals surface area (Å²) in [6.07, 6.45) is 2.41. The molecule has 1 aromatic carbocycles. The number of halogens is 1. The van der Waals surface area contributed by atoms with Gasteiger partial charge in [0.05, 0.1) is 0 Å². The Morgan fingerprint density at radius 1 is 1.35 bits per heavy atom. The molecule has 1 saturated heterocycles. The maximum absolute atomic E-state index is 13.1. The minimum atomic E-state index is -0.118. The predicted octanol–water partition coefficient (Wildman–Crippen LogP) is 2.32. The van der Waals surface area contributed by atoms with E-state index in [4.69, 9.17) is 0 Å². The summed E-state index contributed by atoms with van der Waals surface area (Å²) in [5.41, 5.74) is 1.90. The monoisotopic (exact) mass is 236 g/mol. The number of hydrogen-bond acceptors (Lipinski definition) is 2. The van der Waals surface area contributed by atoms with Crippen LogP contribution in [-0.4, -0.2) is 31.1 Å². The molecule has 0 spiro atoms. The fourth-order valence-electron chi connectivity index (χ4n) is 2.29. The van der Waals surface area contributed by atoms with Gasteiger partial charge in [-0.1, -0.05) is 12.1 Å². The quantitative estimate of drug-likeness (QED) is 0.866. The van der Waals surface area contributed by atoms with Crippen LogP contribution in [0.5, 0.6) is 0 Å². The van der Waals surface area contributed by atoms with Gasteiger partial charge in [-0.2, -0.15) is 0 Å². The van der Waals surface area contributed by atoms with Gasteiger partial charge in [-0.3, -0.25) is 0 Å². The van der Waals surface area contributed by atoms with Crippen molar-refractivity contribution in [2.45, 2.75) is 32.4 Å². The predicted molar refractivity (Wildman–Crippen MR) is 68.5 cm³/mol. The van der Waals surface area contributed by atoms with Gasteiger partial charge in [-0.05, 0) is 57.1 Å². The van der Waals surface area contributed by atoms with Gasteiger partial charge in [0, 0.05) is 12.6 Å². The van der Waals surface area contributed by atoms with Crippen LogP contribution in [0.15, 0.2) is 18.2 Å². The second-order valence-electron chi connectivity index (χ2n) is 5.04. The lowest BCUT2D eigenvalue weighted by atomic mass is 10.0. The first-order chi connectivity index (χ1) is 8.15. The van der Waals surface area contributed by atoms with Gasteiger partial charge in [-0.25, -0.2) is 4.39 Å². The van der Waals surface area contributed by atoms with Crippen molar-refractivity contribution in [1.82, 2.24) is 10.2 Å². The number of nitrogens with zero attached hydrogens (tertiary/aromatic N) is 1. The van der Waals surface area contributed by atoms with Crippen LogP contribution in [-0.2, 0) is 6.54 Å². The first kappa shape index (κ1) is 12.5. The molecule has 1 fully saturated rings. The summed E-state index contributed by atoms with van der Waals surface area (Å²) in [5.74, 6) is -0.118. The smallest absolute Gasteiger partial charge is 0.126 e. The Kier molecular flexibility index (Phi) is 4.13. The molecule has 0 atom stereocenters. The SMILES string of the molecule is Cc1cc(CNC2CCN(C)CC2)ccc1F. The number of hydrogen-bond donors (Lipinski definition) is 1. The molecule has 1 heterocycles. The zero-order chi connectivity index (χ0) is 12.3. The van der Waals surface area contributed by atoms with Crippen molar-refractivity contribution in [3.05, 3.63) is 35.1 Å². The van der Waals surface area contributed by atoms with E-state index in [-0.39, 0.29) is 5.82 Å². The molecule has 0 radical (unpaired) electrons. The van der Waals surface area contributed by atoms with Gasteiger partial charge in [0.15, 0.2) is 0 Å². The molecule has 1 aromatic rings. The molecule has 0 aromatic heterocycles. The Bertz CT molecular complexity index is 370. The lowest BCUT2D eigenvalue weighted by molar-refractivity contribution is 0.234. The van der Waals surface area contributed by atoms with Gasteiger partial charge >= 0.3 is 0 Å². The summed E-state index contributed by atoms with van der Waals surface area (Å²) in [4.78, 5) is 2.36. The lowest BCUT2D eigenvalue weighted by Gasteiger charge is -2.29. The molecular formula is C14H21FN2. The molecule has 94 valence electrons. The molecule has 0 amide bonds. The second-order valence-corrected chi connectivity index (χ2v) is 5.04. The van der Waals surface area contributed by atoms with Gasteiger partial charge < -0.3 is 10.2 Å². The van der Waals surface area contributed by atoms with E-state index in [0.717, 1.165) is 12.1 Å². The van der Waals surface area contributed by atoms with E-state index in [0.29, 0.717) is 6.04 Å². The Hall–Kier alpha value is -0.930. The zero-order valence-electron chi connectivity index (χ0n) is 10.7. The van der Waals surface area contributed by atoms with Gasteiger partial charge in [0.1, 0.15) is 5.82 Å². The van der Waals surface area contributed by atoms with Crippen LogP contribution in [0.1, 0.15) is 24.0 Å². The molecule has 2 rings (SSSR count). The average Bonchev–Trinajstić information content (AvgIpc) is 2.33. The molecule has 3 heteroatoms. The summed E-state index contributed by atoms with van der Waals surface area (Å²) in [6.45, 7) is 4.99. The van der Waals surface area contributed by atoms with Crippen molar-refractivity contribution in [1.29, 1.82) is 0 Å². The molecule has 1 aliphatic rings. The maximum atomic E-state index is 13.1. The number of aryl methyl sites for hydroxylation is 1. The Labute approximate surface area is 103 Å². The highest BCUT2D eigenvalue weighted by Crippen LogP contribution is 2.12. The van der Waals surface area contributed by atoms with Crippen molar-refractivity contribution < 1.29 is 4.39 Å². The molecule has 0 aliphatic carbocycles. The highest BCUT2D eigenvalue weighted by Gasteiger charge is 2.15. The topological polar surface area (TPSA) is 15.3 Å². The highest BCUT2D eigenvalue weighted by molar-refractivity contribution is 5.23. The van der Waals surface area contributed by atoms with Crippen molar-refractivity contribution in [2.24, 2.45) is 0 Å². The second kappa shape index (κ2) is 5.61. The van der Waals surface area contributed by atoms with Crippen molar-refractivity contribution in [2.75, 3.05) is 20.1 Å². The van der Waals surface area contributed by atoms with Crippen LogP contribution in [0.25, 0.3) is 0 Å². The van der Waals surface area contributed by atoms with Crippen molar-refractivity contribution >= 4 is 0 Å². The summed E-state index contributed by atoms with van der Waals surface area (Å²) < 4.78 is 13.1. The normalized spacial score (nSPS) is 18.5. The van der Waals surface area contributed by atoms with Gasteiger partial charge in [0.2, 0.25) is 0 Å². The number of piperidine rings is 1. The first-order valence-corrected chi connectivity index (χ1v) is 6.32. The van der Waals surface area contributed by atoms with Crippen LogP contribution >= 0.6 is 0 Å². The number of rotatable bonds is 3. The Balaban J connectivity index is 1.83. The van der Waals surface area contributed by atoms with Crippen molar-refractivity contribution in [3.8, 4) is 0 Å². The minimum Gasteiger partial charge on any atom is -0.310 e. The van der Waals surface area contributed by atoms with Crippen LogP contribution in [0.3, 0.4) is 0 Å². The van der Waals surface area contributed by atoms with Crippen LogP contribution in [0, 0.1) is 12.7 Å². The molecule has 0 unspecified atom stereocenters. The maximum Gasteiger partial charge on any atom is 0.126 e. The molecule has 1 aliphatic heterocycles. The van der Waals surface area contributed by atoms with Crippen LogP contribution in [0.4, 0.5) is 4.39 Å². The van der Waals surface area contributed by atoms with E-state index in [1.807, 2.05) is 19.1 Å². The summed E-state index contributed by atoms with van der Waals surface area (Å²) in [7, 11) is 2.17. The van der Waals surface area contributed by atoms with E-state index in [2.05, 4.69) is 17.3 Å². The molecule has 2 nitrogen and oxygen atoms in total. The van der Waals surface area contributed by atoms with E-state index in [1.165, 1.54) is 31.5 Å². The molecular weight excluding hydrogens is 215 g/mol. The average molecular weight is 236 g/mol. The zero-order valence-corrected chi connectivity index (χ0v) is 10.7. The van der Waals surface area contributed by atoms with Gasteiger partial charge in [0.25, 0.3) is 0 Å². The first-order valence-electron chi connectivity index (χ1n) is 6.32. The summed E-state index contributed by atoms with van der Waals surface area (Å²) in [6, 6.07) is 5.96. The van der Waals surface area contributed by atoms with Crippen LogP contribution < -0.4 is 5.32 Å². The summed E-state index contributed by atoms with van der Waals surface area (Å²) >= 11 is 0. The molecule has 0 bridgehead atoms. The fourth-order valence-corrected chi connectivity index (χ4v) is 2.29. The Morgan fingerprint density at radius 3 is 2.71 bits per heavy atom. The van der Waals surface area contributed by atoms with E-state index >= 15 is 0 Å². The summed E-state index contributed by atoms with van der Waals surface area (Å²) in [5, 5.41) is 3.56. The van der Waals surface area contributed by atoms with Crippen LogP contribution in [0.2, 0.25) is 0 Å². The van der Waals surface area contributed by atoms with Crippen molar-refractivity contribution in [3.63, 3.8) is 0 Å². The third kappa shape index (κ3) is 3.51. The van der Waals surface area contributed by atoms with E-state index in [9.17, 15) is 4.39 Å².